The Morgan fingerprint density at radius 3 is 2.50 bits per heavy atom. The molecule has 0 N–H and O–H groups in total. The van der Waals surface area contributed by atoms with Crippen LogP contribution in [-0.2, 0) is 4.79 Å². The lowest BCUT2D eigenvalue weighted by atomic mass is 10.1. The summed E-state index contributed by atoms with van der Waals surface area (Å²) in [5.41, 5.74) is 0. The second kappa shape index (κ2) is 3.98. The molecule has 1 unspecified atom stereocenters. The first-order valence-electron chi connectivity index (χ1n) is 3.13. The second-order valence-electron chi connectivity index (χ2n) is 2.53. The number of hydrogen-bond acceptors (Lipinski definition) is 3. The monoisotopic (exact) mass is 145 g/mol. The average Bonchev–Trinajstić information content (AvgIpc) is 1.58. The number of nitro groups is 1. The molecule has 0 fully saturated rings. The lowest BCUT2D eigenvalue weighted by Crippen LogP contribution is -2.13. The molecule has 0 aliphatic carbocycles. The first-order valence-corrected chi connectivity index (χ1v) is 3.13. The van der Waals surface area contributed by atoms with E-state index in [9.17, 15) is 14.9 Å². The van der Waals surface area contributed by atoms with Gasteiger partial charge in [-0.25, -0.2) is 0 Å². The van der Waals surface area contributed by atoms with E-state index in [1.54, 1.807) is 6.92 Å². The topological polar surface area (TPSA) is 60.2 Å². The maximum atomic E-state index is 10.4. The van der Waals surface area contributed by atoms with Crippen LogP contribution >= 0.6 is 0 Å². The Kier molecular flexibility index (Phi) is 3.61. The standard InChI is InChI=1S/C6H11NO3/c1-5(3-6(2)8)4-7(9)10/h5H,3-4H2,1-2H3. The highest BCUT2D eigenvalue weighted by Gasteiger charge is 2.10. The molecule has 0 aromatic heterocycles. The van der Waals surface area contributed by atoms with Crippen LogP contribution in [0.25, 0.3) is 0 Å². The molecule has 0 aliphatic rings. The fourth-order valence-electron chi connectivity index (χ4n) is 0.810. The van der Waals surface area contributed by atoms with E-state index >= 15 is 0 Å². The van der Waals surface area contributed by atoms with Gasteiger partial charge in [0.1, 0.15) is 5.78 Å². The Morgan fingerprint density at radius 2 is 2.20 bits per heavy atom. The van der Waals surface area contributed by atoms with Crippen molar-refractivity contribution in [2.75, 3.05) is 6.54 Å². The van der Waals surface area contributed by atoms with Crippen LogP contribution in [0.3, 0.4) is 0 Å². The van der Waals surface area contributed by atoms with Gasteiger partial charge in [0.15, 0.2) is 0 Å². The maximum absolute atomic E-state index is 10.4. The normalized spacial score (nSPS) is 12.6. The van der Waals surface area contributed by atoms with Crippen LogP contribution in [0.1, 0.15) is 20.3 Å². The summed E-state index contributed by atoms with van der Waals surface area (Å²) >= 11 is 0. The highest BCUT2D eigenvalue weighted by Crippen LogP contribution is 2.01. The van der Waals surface area contributed by atoms with Crippen molar-refractivity contribution in [1.29, 1.82) is 0 Å². The van der Waals surface area contributed by atoms with Crippen molar-refractivity contribution in [1.82, 2.24) is 0 Å². The summed E-state index contributed by atoms with van der Waals surface area (Å²) in [7, 11) is 0. The maximum Gasteiger partial charge on any atom is 0.206 e. The van der Waals surface area contributed by atoms with Gasteiger partial charge in [0.05, 0.1) is 0 Å². The molecule has 0 saturated heterocycles. The third-order valence-electron chi connectivity index (χ3n) is 1.10. The number of ketones is 1. The summed E-state index contributed by atoms with van der Waals surface area (Å²) in [4.78, 5) is 19.9. The van der Waals surface area contributed by atoms with E-state index in [4.69, 9.17) is 0 Å². The minimum absolute atomic E-state index is 0.00866. The number of rotatable bonds is 4. The summed E-state index contributed by atoms with van der Waals surface area (Å²) in [6, 6.07) is 0. The third-order valence-corrected chi connectivity index (χ3v) is 1.10. The summed E-state index contributed by atoms with van der Waals surface area (Å²) in [5.74, 6) is -0.123. The Morgan fingerprint density at radius 1 is 1.70 bits per heavy atom. The van der Waals surface area contributed by atoms with Gasteiger partial charge in [0, 0.05) is 17.3 Å². The number of nitrogens with zero attached hydrogens (tertiary/aromatic N) is 1. The van der Waals surface area contributed by atoms with Gasteiger partial charge >= 0.3 is 0 Å². The zero-order valence-corrected chi connectivity index (χ0v) is 6.16. The quantitative estimate of drug-likeness (QED) is 0.435. The molecule has 0 bridgehead atoms. The first-order chi connectivity index (χ1) is 4.52. The molecule has 1 atom stereocenters. The Hall–Kier alpha value is -0.930. The molecular formula is C6H11NO3. The van der Waals surface area contributed by atoms with Crippen LogP contribution in [0.2, 0.25) is 0 Å². The van der Waals surface area contributed by atoms with Crippen LogP contribution in [0.4, 0.5) is 0 Å². The molecule has 10 heavy (non-hydrogen) atoms. The zero-order valence-electron chi connectivity index (χ0n) is 6.16. The van der Waals surface area contributed by atoms with Crippen LogP contribution in [-0.4, -0.2) is 17.3 Å². The van der Waals surface area contributed by atoms with Crippen LogP contribution < -0.4 is 0 Å². The van der Waals surface area contributed by atoms with Crippen molar-refractivity contribution in [3.05, 3.63) is 10.1 Å². The third kappa shape index (κ3) is 5.21. The van der Waals surface area contributed by atoms with Gasteiger partial charge in [-0.15, -0.1) is 0 Å². The van der Waals surface area contributed by atoms with Gasteiger partial charge < -0.3 is 4.79 Å². The number of Topliss-reactive ketones (excluding diaryl/α,β-unsaturated/α-hetero) is 1. The van der Waals surface area contributed by atoms with Crippen molar-refractivity contribution in [3.63, 3.8) is 0 Å². The fraction of sp³-hybridized carbons (Fsp3) is 0.833. The van der Waals surface area contributed by atoms with E-state index < -0.39 is 4.92 Å². The smallest absolute Gasteiger partial charge is 0.206 e. The predicted molar refractivity (Wildman–Crippen MR) is 36.3 cm³/mol. The number of hydrogen-bond donors (Lipinski definition) is 0. The SMILES string of the molecule is CC(=O)CC(C)C[N+](=O)[O-]. The molecule has 0 aromatic rings. The van der Waals surface area contributed by atoms with Crippen molar-refractivity contribution >= 4 is 5.78 Å². The molecular weight excluding hydrogens is 134 g/mol. The second-order valence-corrected chi connectivity index (χ2v) is 2.53. The predicted octanol–water partition coefficient (Wildman–Crippen LogP) is 0.878. The van der Waals surface area contributed by atoms with Gasteiger partial charge in [-0.1, -0.05) is 6.92 Å². The fourth-order valence-corrected chi connectivity index (χ4v) is 0.810. The molecule has 0 radical (unpaired) electrons. The highest BCUT2D eigenvalue weighted by atomic mass is 16.6. The zero-order chi connectivity index (χ0) is 8.15. The van der Waals surface area contributed by atoms with Gasteiger partial charge in [-0.2, -0.15) is 0 Å². The Labute approximate surface area is 59.4 Å². The van der Waals surface area contributed by atoms with Crippen LogP contribution in [0.15, 0.2) is 0 Å². The van der Waals surface area contributed by atoms with E-state index in [0.29, 0.717) is 6.42 Å². The van der Waals surface area contributed by atoms with E-state index in [1.165, 1.54) is 6.92 Å². The lowest BCUT2D eigenvalue weighted by Gasteiger charge is -2.01. The van der Waals surface area contributed by atoms with Crippen molar-refractivity contribution < 1.29 is 9.72 Å². The van der Waals surface area contributed by atoms with Crippen molar-refractivity contribution in [3.8, 4) is 0 Å². The average molecular weight is 145 g/mol. The largest absolute Gasteiger partial charge is 0.300 e. The summed E-state index contributed by atoms with van der Waals surface area (Å²) in [6.07, 6.45) is 0.307. The highest BCUT2D eigenvalue weighted by molar-refractivity contribution is 5.75. The molecule has 0 heterocycles. The van der Waals surface area contributed by atoms with Gasteiger partial charge in [0.25, 0.3) is 0 Å². The molecule has 0 aromatic carbocycles. The molecule has 58 valence electrons. The van der Waals surface area contributed by atoms with E-state index in [-0.39, 0.29) is 18.2 Å². The minimum Gasteiger partial charge on any atom is -0.300 e. The van der Waals surface area contributed by atoms with Gasteiger partial charge in [0.2, 0.25) is 6.54 Å². The molecule has 4 heteroatoms. The summed E-state index contributed by atoms with van der Waals surface area (Å²) in [6.45, 7) is 3.03. The van der Waals surface area contributed by atoms with Crippen molar-refractivity contribution in [2.45, 2.75) is 20.3 Å². The number of carbonyl (C=O) groups excluding carboxylic acids is 1. The van der Waals surface area contributed by atoms with Crippen LogP contribution in [0.5, 0.6) is 0 Å². The molecule has 4 nitrogen and oxygen atoms in total. The molecule has 0 aliphatic heterocycles. The Bertz CT molecular complexity index is 128. The summed E-state index contributed by atoms with van der Waals surface area (Å²) in [5, 5.41) is 9.89. The number of carbonyl (C=O) groups is 1. The van der Waals surface area contributed by atoms with E-state index in [0.717, 1.165) is 0 Å². The van der Waals surface area contributed by atoms with Gasteiger partial charge in [-0.3, -0.25) is 10.1 Å². The molecule has 0 amide bonds. The van der Waals surface area contributed by atoms with Crippen LogP contribution in [0, 0.1) is 16.0 Å². The molecule has 0 rings (SSSR count). The summed E-state index contributed by atoms with van der Waals surface area (Å²) < 4.78 is 0. The first kappa shape index (κ1) is 9.07. The molecule has 0 spiro atoms. The van der Waals surface area contributed by atoms with Crippen molar-refractivity contribution in [2.24, 2.45) is 5.92 Å². The van der Waals surface area contributed by atoms with Gasteiger partial charge in [-0.05, 0) is 6.92 Å². The minimum atomic E-state index is -0.395. The van der Waals surface area contributed by atoms with E-state index in [2.05, 4.69) is 0 Å². The molecule has 0 saturated carbocycles. The lowest BCUT2D eigenvalue weighted by molar-refractivity contribution is -0.487. The van der Waals surface area contributed by atoms with E-state index in [1.807, 2.05) is 0 Å². The Balaban J connectivity index is 3.53.